The molecule has 1 aromatic heterocycles. The predicted molar refractivity (Wildman–Crippen MR) is 66.1 cm³/mol. The molecule has 0 bridgehead atoms. The molecular formula is C14H13F3N2. The summed E-state index contributed by atoms with van der Waals surface area (Å²) in [7, 11) is 1.65. The number of nitrogens with zero attached hydrogens (tertiary/aromatic N) is 1. The van der Waals surface area contributed by atoms with Gasteiger partial charge in [0.2, 0.25) is 0 Å². The van der Waals surface area contributed by atoms with Crippen molar-refractivity contribution in [2.75, 3.05) is 7.05 Å². The van der Waals surface area contributed by atoms with Gasteiger partial charge in [0.05, 0.1) is 0 Å². The molecule has 0 aliphatic heterocycles. The van der Waals surface area contributed by atoms with Gasteiger partial charge in [-0.15, -0.1) is 0 Å². The van der Waals surface area contributed by atoms with Gasteiger partial charge in [0.1, 0.15) is 0 Å². The lowest BCUT2D eigenvalue weighted by atomic mass is 9.99. The molecule has 1 unspecified atom stereocenters. The summed E-state index contributed by atoms with van der Waals surface area (Å²) in [6.45, 7) is 0. The molecule has 0 aliphatic rings. The van der Waals surface area contributed by atoms with E-state index in [1.165, 1.54) is 6.07 Å². The molecule has 0 aliphatic carbocycles. The Hall–Kier alpha value is -1.88. The summed E-state index contributed by atoms with van der Waals surface area (Å²) in [4.78, 5) is 3.89. The van der Waals surface area contributed by atoms with E-state index >= 15 is 0 Å². The van der Waals surface area contributed by atoms with Crippen LogP contribution in [0, 0.1) is 17.5 Å². The van der Waals surface area contributed by atoms with Gasteiger partial charge in [0.15, 0.2) is 17.5 Å². The largest absolute Gasteiger partial charge is 0.313 e. The summed E-state index contributed by atoms with van der Waals surface area (Å²) < 4.78 is 39.9. The smallest absolute Gasteiger partial charge is 0.194 e. The summed E-state index contributed by atoms with van der Waals surface area (Å²) in [5.41, 5.74) is 1.04. The summed E-state index contributed by atoms with van der Waals surface area (Å²) in [6, 6.07) is 5.35. The number of hydrogen-bond donors (Lipinski definition) is 1. The van der Waals surface area contributed by atoms with E-state index in [2.05, 4.69) is 10.3 Å². The van der Waals surface area contributed by atoms with E-state index in [-0.39, 0.29) is 5.56 Å². The average Bonchev–Trinajstić information content (AvgIpc) is 2.44. The van der Waals surface area contributed by atoms with E-state index in [1.807, 2.05) is 0 Å². The highest BCUT2D eigenvalue weighted by Crippen LogP contribution is 2.24. The van der Waals surface area contributed by atoms with E-state index in [1.54, 1.807) is 31.6 Å². The second kappa shape index (κ2) is 5.84. The molecule has 0 saturated carbocycles. The van der Waals surface area contributed by atoms with Crippen LogP contribution in [0.4, 0.5) is 13.2 Å². The van der Waals surface area contributed by atoms with E-state index in [0.717, 1.165) is 11.6 Å². The Morgan fingerprint density at radius 1 is 1.05 bits per heavy atom. The molecule has 2 aromatic rings. The number of aromatic nitrogens is 1. The Morgan fingerprint density at radius 2 is 1.74 bits per heavy atom. The van der Waals surface area contributed by atoms with Crippen molar-refractivity contribution in [2.45, 2.75) is 12.5 Å². The first-order valence-corrected chi connectivity index (χ1v) is 5.83. The first-order chi connectivity index (χ1) is 9.13. The van der Waals surface area contributed by atoms with Crippen molar-refractivity contribution in [3.05, 3.63) is 65.2 Å². The number of hydrogen-bond acceptors (Lipinski definition) is 2. The summed E-state index contributed by atoms with van der Waals surface area (Å²) in [5.74, 6) is -3.76. The lowest BCUT2D eigenvalue weighted by Crippen LogP contribution is -2.21. The topological polar surface area (TPSA) is 24.9 Å². The molecule has 5 heteroatoms. The average molecular weight is 266 g/mol. The number of rotatable bonds is 4. The Balaban J connectivity index is 2.30. The SMILES string of the molecule is CNC(Cc1ccncc1)c1ccc(F)c(F)c1F. The molecule has 0 fully saturated rings. The number of benzene rings is 1. The maximum atomic E-state index is 13.7. The van der Waals surface area contributed by atoms with Crippen LogP contribution in [-0.4, -0.2) is 12.0 Å². The molecule has 0 radical (unpaired) electrons. The number of likely N-dealkylation sites (N-methyl/N-ethyl adjacent to an activating group) is 1. The van der Waals surface area contributed by atoms with Crippen molar-refractivity contribution in [1.82, 2.24) is 10.3 Å². The highest BCUT2D eigenvalue weighted by molar-refractivity contribution is 5.26. The first-order valence-electron chi connectivity index (χ1n) is 5.83. The zero-order valence-corrected chi connectivity index (χ0v) is 10.3. The Kier molecular flexibility index (Phi) is 4.16. The van der Waals surface area contributed by atoms with Crippen LogP contribution in [0.1, 0.15) is 17.2 Å². The summed E-state index contributed by atoms with van der Waals surface area (Å²) in [6.07, 6.45) is 3.72. The standard InChI is InChI=1S/C14H13F3N2/c1-18-12(8-9-4-6-19-7-5-9)10-2-3-11(15)14(17)13(10)16/h2-7,12,18H,8H2,1H3. The summed E-state index contributed by atoms with van der Waals surface area (Å²) in [5, 5.41) is 2.90. The second-order valence-electron chi connectivity index (χ2n) is 4.17. The molecule has 1 atom stereocenters. The minimum absolute atomic E-state index is 0.109. The monoisotopic (exact) mass is 266 g/mol. The van der Waals surface area contributed by atoms with Gasteiger partial charge in [-0.1, -0.05) is 6.07 Å². The van der Waals surface area contributed by atoms with Crippen LogP contribution < -0.4 is 5.32 Å². The third kappa shape index (κ3) is 2.93. The van der Waals surface area contributed by atoms with Crippen LogP contribution >= 0.6 is 0 Å². The minimum atomic E-state index is -1.44. The van der Waals surface area contributed by atoms with Gasteiger partial charge >= 0.3 is 0 Å². The molecule has 0 amide bonds. The normalized spacial score (nSPS) is 12.4. The van der Waals surface area contributed by atoms with Crippen molar-refractivity contribution in [1.29, 1.82) is 0 Å². The van der Waals surface area contributed by atoms with E-state index < -0.39 is 23.5 Å². The van der Waals surface area contributed by atoms with Gasteiger partial charge in [-0.25, -0.2) is 13.2 Å². The third-order valence-electron chi connectivity index (χ3n) is 2.98. The molecule has 2 nitrogen and oxygen atoms in total. The van der Waals surface area contributed by atoms with E-state index in [0.29, 0.717) is 6.42 Å². The van der Waals surface area contributed by atoms with Crippen LogP contribution in [0.15, 0.2) is 36.7 Å². The van der Waals surface area contributed by atoms with Gasteiger partial charge in [0, 0.05) is 24.0 Å². The van der Waals surface area contributed by atoms with Gasteiger partial charge in [0.25, 0.3) is 0 Å². The fourth-order valence-corrected chi connectivity index (χ4v) is 1.93. The van der Waals surface area contributed by atoms with Crippen molar-refractivity contribution in [3.8, 4) is 0 Å². The Bertz CT molecular complexity index is 558. The van der Waals surface area contributed by atoms with Crippen LogP contribution in [0.5, 0.6) is 0 Å². The predicted octanol–water partition coefficient (Wildman–Crippen LogP) is 3.00. The number of halogens is 3. The highest BCUT2D eigenvalue weighted by Gasteiger charge is 2.19. The van der Waals surface area contributed by atoms with Crippen molar-refractivity contribution in [2.24, 2.45) is 0 Å². The fourth-order valence-electron chi connectivity index (χ4n) is 1.93. The van der Waals surface area contributed by atoms with Crippen molar-refractivity contribution in [3.63, 3.8) is 0 Å². The van der Waals surface area contributed by atoms with Gasteiger partial charge < -0.3 is 5.32 Å². The zero-order chi connectivity index (χ0) is 13.8. The van der Waals surface area contributed by atoms with E-state index in [9.17, 15) is 13.2 Å². The third-order valence-corrected chi connectivity index (χ3v) is 2.98. The van der Waals surface area contributed by atoms with Gasteiger partial charge in [-0.05, 0) is 37.2 Å². The van der Waals surface area contributed by atoms with Crippen LogP contribution in [0.3, 0.4) is 0 Å². The molecular weight excluding hydrogens is 253 g/mol. The fraction of sp³-hybridized carbons (Fsp3) is 0.214. The maximum absolute atomic E-state index is 13.7. The van der Waals surface area contributed by atoms with Crippen LogP contribution in [0.2, 0.25) is 0 Å². The molecule has 100 valence electrons. The number of nitrogens with one attached hydrogen (secondary N) is 1. The molecule has 0 saturated heterocycles. The molecule has 2 rings (SSSR count). The minimum Gasteiger partial charge on any atom is -0.313 e. The zero-order valence-electron chi connectivity index (χ0n) is 10.3. The molecule has 1 heterocycles. The Morgan fingerprint density at radius 3 is 2.37 bits per heavy atom. The van der Waals surface area contributed by atoms with Crippen molar-refractivity contribution < 1.29 is 13.2 Å². The van der Waals surface area contributed by atoms with E-state index in [4.69, 9.17) is 0 Å². The first kappa shape index (κ1) is 13.5. The van der Waals surface area contributed by atoms with Crippen LogP contribution in [-0.2, 0) is 6.42 Å². The number of pyridine rings is 1. The van der Waals surface area contributed by atoms with Gasteiger partial charge in [-0.3, -0.25) is 4.98 Å². The van der Waals surface area contributed by atoms with Gasteiger partial charge in [-0.2, -0.15) is 0 Å². The van der Waals surface area contributed by atoms with Crippen LogP contribution in [0.25, 0.3) is 0 Å². The highest BCUT2D eigenvalue weighted by atomic mass is 19.2. The molecule has 0 spiro atoms. The lowest BCUT2D eigenvalue weighted by molar-refractivity contribution is 0.428. The Labute approximate surface area is 109 Å². The molecule has 1 N–H and O–H groups in total. The maximum Gasteiger partial charge on any atom is 0.194 e. The quantitative estimate of drug-likeness (QED) is 0.860. The molecule has 19 heavy (non-hydrogen) atoms. The lowest BCUT2D eigenvalue weighted by Gasteiger charge is -2.17. The summed E-state index contributed by atoms with van der Waals surface area (Å²) >= 11 is 0. The molecule has 1 aromatic carbocycles. The second-order valence-corrected chi connectivity index (χ2v) is 4.17. The van der Waals surface area contributed by atoms with Crippen molar-refractivity contribution >= 4 is 0 Å².